The van der Waals surface area contributed by atoms with E-state index in [9.17, 15) is 30.5 Å². The van der Waals surface area contributed by atoms with Crippen molar-refractivity contribution < 1.29 is 30.1 Å². The molecule has 1 aromatic carbocycles. The van der Waals surface area contributed by atoms with Crippen molar-refractivity contribution in [2.24, 2.45) is 0 Å². The van der Waals surface area contributed by atoms with Gasteiger partial charge in [-0.05, 0) is 39.9 Å². The molecule has 12 nitrogen and oxygen atoms in total. The number of rotatable bonds is 6. The predicted octanol–water partition coefficient (Wildman–Crippen LogP) is 0.554. The molecule has 31 heavy (non-hydrogen) atoms. The number of nitro groups is 1. The summed E-state index contributed by atoms with van der Waals surface area (Å²) in [6.45, 7) is 0. The summed E-state index contributed by atoms with van der Waals surface area (Å²) in [6, 6.07) is 8.77. The number of thioether (sulfide) groups is 1. The molecule has 0 radical (unpaired) electrons. The van der Waals surface area contributed by atoms with Crippen LogP contribution in [0, 0.1) is 10.1 Å². The zero-order valence-corrected chi connectivity index (χ0v) is 18.5. The van der Waals surface area contributed by atoms with E-state index < -0.39 is 37.9 Å². The molecule has 1 fully saturated rings. The van der Waals surface area contributed by atoms with Crippen LogP contribution in [0.3, 0.4) is 0 Å². The van der Waals surface area contributed by atoms with E-state index in [2.05, 4.69) is 15.0 Å². The number of nitrogens with zero attached hydrogens (tertiary/aromatic N) is 5. The first-order valence-electron chi connectivity index (χ1n) is 8.83. The van der Waals surface area contributed by atoms with Gasteiger partial charge in [-0.25, -0.2) is 9.97 Å². The van der Waals surface area contributed by atoms with Gasteiger partial charge in [-0.3, -0.25) is 14.7 Å². The fourth-order valence-corrected chi connectivity index (χ4v) is 5.26. The molecular formula is C17H16IN5O7S. The number of aliphatic hydroxyl groups excluding tert-OH is 2. The highest BCUT2D eigenvalue weighted by atomic mass is 127. The van der Waals surface area contributed by atoms with E-state index in [1.807, 2.05) is 0 Å². The van der Waals surface area contributed by atoms with E-state index in [-0.39, 0.29) is 16.9 Å². The molecule has 14 heteroatoms. The first-order valence-corrected chi connectivity index (χ1v) is 10.9. The minimum atomic E-state index is -2.77. The first kappa shape index (κ1) is 22.1. The normalized spacial score (nSPS) is 27.9. The topological polar surface area (TPSA) is 177 Å². The molecule has 3 aromatic rings. The zero-order chi connectivity index (χ0) is 22.4. The van der Waals surface area contributed by atoms with E-state index in [0.717, 1.165) is 6.33 Å². The molecule has 1 aliphatic rings. The van der Waals surface area contributed by atoms with E-state index in [1.165, 1.54) is 10.9 Å². The predicted molar refractivity (Wildman–Crippen MR) is 116 cm³/mol. The standard InChI is InChI=1S/C17H16IN5O7S/c18-16(22-8-21-10-14(22)19-7-20-15(10)26)12(25)11(24)13(30-16)17(27,23(28)29)31-6-9-4-2-1-3-5-9/h1-5,7-8,11-13,24-25,27H,6H2,(H,19,20,26)/t11-,12+,13-,16-,17?/m0/s1. The largest absolute Gasteiger partial charge is 0.492 e. The third kappa shape index (κ3) is 3.62. The summed E-state index contributed by atoms with van der Waals surface area (Å²) in [4.78, 5) is 22.5. The van der Waals surface area contributed by atoms with Crippen molar-refractivity contribution in [1.82, 2.24) is 19.5 Å². The molecule has 0 aliphatic carbocycles. The summed E-state index contributed by atoms with van der Waals surface area (Å²) in [5, 5.41) is 51.2. The Kier molecular flexibility index (Phi) is 5.78. The van der Waals surface area contributed by atoms with E-state index in [0.29, 0.717) is 17.3 Å². The lowest BCUT2D eigenvalue weighted by Crippen LogP contribution is -2.52. The quantitative estimate of drug-likeness (QED) is 0.109. The van der Waals surface area contributed by atoms with Crippen LogP contribution in [0.1, 0.15) is 5.56 Å². The molecule has 1 saturated heterocycles. The van der Waals surface area contributed by atoms with Crippen molar-refractivity contribution in [2.75, 3.05) is 0 Å². The van der Waals surface area contributed by atoms with Crippen molar-refractivity contribution in [1.29, 1.82) is 0 Å². The summed E-state index contributed by atoms with van der Waals surface area (Å²) in [5.41, 5.74) is 0.792. The fourth-order valence-electron chi connectivity index (χ4n) is 3.24. The number of aromatic hydroxyl groups is 1. The van der Waals surface area contributed by atoms with Gasteiger partial charge < -0.3 is 25.2 Å². The van der Waals surface area contributed by atoms with E-state index in [4.69, 9.17) is 4.74 Å². The Morgan fingerprint density at radius 3 is 2.68 bits per heavy atom. The van der Waals surface area contributed by atoms with Crippen molar-refractivity contribution in [3.05, 3.63) is 58.7 Å². The van der Waals surface area contributed by atoms with E-state index in [1.54, 1.807) is 52.9 Å². The molecule has 5 atom stereocenters. The lowest BCUT2D eigenvalue weighted by molar-refractivity contribution is -0.604. The van der Waals surface area contributed by atoms with Gasteiger partial charge in [0.1, 0.15) is 24.9 Å². The molecule has 164 valence electrons. The van der Waals surface area contributed by atoms with Crippen molar-refractivity contribution in [3.8, 4) is 5.88 Å². The van der Waals surface area contributed by atoms with Crippen LogP contribution >= 0.6 is 34.4 Å². The number of ether oxygens (including phenoxy) is 1. The van der Waals surface area contributed by atoms with Gasteiger partial charge in [0, 0.05) is 5.75 Å². The van der Waals surface area contributed by atoms with Crippen LogP contribution in [-0.2, 0) is 14.2 Å². The molecule has 1 unspecified atom stereocenters. The Balaban J connectivity index is 1.68. The molecule has 0 amide bonds. The van der Waals surface area contributed by atoms with Crippen molar-refractivity contribution >= 4 is 45.5 Å². The first-order chi connectivity index (χ1) is 14.7. The lowest BCUT2D eigenvalue weighted by Gasteiger charge is -2.28. The minimum absolute atomic E-state index is 0.00951. The minimum Gasteiger partial charge on any atom is -0.492 e. The third-order valence-corrected chi connectivity index (χ3v) is 7.56. The number of hydrogen-bond donors (Lipinski definition) is 4. The maximum atomic E-state index is 11.8. The number of imidazole rings is 1. The number of hydrogen-bond acceptors (Lipinski definition) is 11. The van der Waals surface area contributed by atoms with Gasteiger partial charge in [-0.1, -0.05) is 30.3 Å². The number of aromatic nitrogens is 4. The van der Waals surface area contributed by atoms with Crippen LogP contribution < -0.4 is 0 Å². The smallest absolute Gasteiger partial charge is 0.400 e. The molecule has 4 rings (SSSR count). The summed E-state index contributed by atoms with van der Waals surface area (Å²) >= 11 is 2.21. The number of halogens is 1. The monoisotopic (exact) mass is 561 g/mol. The van der Waals surface area contributed by atoms with Gasteiger partial charge in [0.05, 0.1) is 4.92 Å². The van der Waals surface area contributed by atoms with Crippen LogP contribution in [0.4, 0.5) is 0 Å². The van der Waals surface area contributed by atoms with Crippen LogP contribution in [0.25, 0.3) is 11.2 Å². The molecular weight excluding hydrogens is 545 g/mol. The average Bonchev–Trinajstić information content (AvgIpc) is 3.30. The second-order valence-electron chi connectivity index (χ2n) is 6.76. The molecule has 3 heterocycles. The second-order valence-corrected chi connectivity index (χ2v) is 9.48. The summed E-state index contributed by atoms with van der Waals surface area (Å²) in [7, 11) is 0. The van der Waals surface area contributed by atoms with Gasteiger partial charge in [0.2, 0.25) is 9.61 Å². The highest BCUT2D eigenvalue weighted by molar-refractivity contribution is 14.1. The second kappa shape index (κ2) is 8.10. The molecule has 0 saturated carbocycles. The summed E-state index contributed by atoms with van der Waals surface area (Å²) in [5.74, 6) is -0.349. The molecule has 0 bridgehead atoms. The maximum Gasteiger partial charge on any atom is 0.400 e. The highest BCUT2D eigenvalue weighted by Gasteiger charge is 2.66. The lowest BCUT2D eigenvalue weighted by atomic mass is 10.1. The Hall–Kier alpha value is -2.11. The summed E-state index contributed by atoms with van der Waals surface area (Å²) in [6.07, 6.45) is -3.06. The molecule has 0 spiro atoms. The van der Waals surface area contributed by atoms with Gasteiger partial charge >= 0.3 is 5.06 Å². The van der Waals surface area contributed by atoms with Gasteiger partial charge in [-0.2, -0.15) is 4.98 Å². The van der Waals surface area contributed by atoms with Crippen LogP contribution in [0.5, 0.6) is 5.88 Å². The number of benzene rings is 1. The Bertz CT molecular complexity index is 1120. The molecule has 1 aliphatic heterocycles. The fraction of sp³-hybridized carbons (Fsp3) is 0.353. The average molecular weight is 561 g/mol. The number of aliphatic hydroxyl groups is 3. The van der Waals surface area contributed by atoms with Crippen LogP contribution in [0.15, 0.2) is 43.0 Å². The Morgan fingerprint density at radius 1 is 1.29 bits per heavy atom. The zero-order valence-electron chi connectivity index (χ0n) is 15.5. The highest BCUT2D eigenvalue weighted by Crippen LogP contribution is 2.48. The maximum absolute atomic E-state index is 11.8. The number of fused-ring (bicyclic) bond motifs is 1. The van der Waals surface area contributed by atoms with Crippen molar-refractivity contribution in [2.45, 2.75) is 32.9 Å². The Morgan fingerprint density at radius 2 is 2.00 bits per heavy atom. The van der Waals surface area contributed by atoms with Gasteiger partial charge in [0.25, 0.3) is 0 Å². The third-order valence-electron chi connectivity index (χ3n) is 4.86. The molecule has 2 aromatic heterocycles. The summed E-state index contributed by atoms with van der Waals surface area (Å²) < 4.78 is 5.13. The SMILES string of the molecule is O=[N+]([O-])C(O)(SCc1ccccc1)[C@H]1O[C@@](I)(n2cnc3c(O)ncnc32)[C@H](O)[C@@H]1O. The van der Waals surface area contributed by atoms with Gasteiger partial charge in [0.15, 0.2) is 17.3 Å². The number of alkyl halides is 1. The van der Waals surface area contributed by atoms with Crippen LogP contribution in [0.2, 0.25) is 0 Å². The van der Waals surface area contributed by atoms with Gasteiger partial charge in [-0.15, -0.1) is 0 Å². The Labute approximate surface area is 192 Å². The molecule has 4 N–H and O–H groups in total. The van der Waals surface area contributed by atoms with Crippen molar-refractivity contribution in [3.63, 3.8) is 0 Å². The van der Waals surface area contributed by atoms with Crippen LogP contribution in [-0.4, -0.2) is 68.2 Å². The van der Waals surface area contributed by atoms with E-state index >= 15 is 0 Å².